The zero-order valence-corrected chi connectivity index (χ0v) is 11.9. The van der Waals surface area contributed by atoms with Crippen LogP contribution in [0, 0.1) is 0 Å². The summed E-state index contributed by atoms with van der Waals surface area (Å²) in [6.07, 6.45) is 1.73. The summed E-state index contributed by atoms with van der Waals surface area (Å²) in [6, 6.07) is 10.9. The molecule has 0 fully saturated rings. The van der Waals surface area contributed by atoms with Gasteiger partial charge >= 0.3 is 0 Å². The summed E-state index contributed by atoms with van der Waals surface area (Å²) >= 11 is 0. The Bertz CT molecular complexity index is 624. The molecule has 1 heterocycles. The minimum atomic E-state index is -0.621. The van der Waals surface area contributed by atoms with Crippen LogP contribution in [0.4, 0.5) is 5.69 Å². The molecule has 0 unspecified atom stereocenters. The zero-order valence-electron chi connectivity index (χ0n) is 11.9. The maximum Gasteiger partial charge on any atom is 0.298 e. The number of benzene rings is 1. The fraction of sp³-hybridized carbons (Fsp3) is 0.250. The third kappa shape index (κ3) is 2.96. The molecule has 0 saturated carbocycles. The normalized spacial score (nSPS) is 10.6. The lowest BCUT2D eigenvalue weighted by atomic mass is 10.0. The molecule has 2 aromatic rings. The van der Waals surface area contributed by atoms with Crippen molar-refractivity contribution < 1.29 is 9.59 Å². The number of aromatic nitrogens is 1. The van der Waals surface area contributed by atoms with Gasteiger partial charge in [0.05, 0.1) is 5.69 Å². The van der Waals surface area contributed by atoms with Gasteiger partial charge in [0.2, 0.25) is 0 Å². The number of ketones is 1. The summed E-state index contributed by atoms with van der Waals surface area (Å²) in [6.45, 7) is 4.21. The Balaban J connectivity index is 2.08. The van der Waals surface area contributed by atoms with Crippen LogP contribution in [0.2, 0.25) is 0 Å². The number of anilines is 1. The molecule has 0 atom stereocenters. The van der Waals surface area contributed by atoms with Crippen molar-refractivity contribution >= 4 is 17.4 Å². The molecule has 104 valence electrons. The largest absolute Gasteiger partial charge is 0.348 e. The average molecular weight is 270 g/mol. The minimum absolute atomic E-state index is 0.376. The number of amides is 1. The number of nitrogens with zero attached hydrogens (tertiary/aromatic N) is 1. The van der Waals surface area contributed by atoms with E-state index >= 15 is 0 Å². The van der Waals surface area contributed by atoms with Crippen LogP contribution in [0.15, 0.2) is 42.6 Å². The fourth-order valence-corrected chi connectivity index (χ4v) is 1.95. The molecule has 0 aliphatic carbocycles. The van der Waals surface area contributed by atoms with Crippen LogP contribution in [-0.4, -0.2) is 16.3 Å². The Morgan fingerprint density at radius 1 is 1.10 bits per heavy atom. The molecule has 1 aromatic heterocycles. The predicted octanol–water partition coefficient (Wildman–Crippen LogP) is 2.97. The third-order valence-corrected chi connectivity index (χ3v) is 3.22. The number of rotatable bonds is 4. The van der Waals surface area contributed by atoms with Crippen LogP contribution in [0.3, 0.4) is 0 Å². The second-order valence-electron chi connectivity index (χ2n) is 5.06. The van der Waals surface area contributed by atoms with Gasteiger partial charge in [0.1, 0.15) is 0 Å². The van der Waals surface area contributed by atoms with Gasteiger partial charge in [0.15, 0.2) is 0 Å². The van der Waals surface area contributed by atoms with E-state index in [-0.39, 0.29) is 0 Å². The Morgan fingerprint density at radius 2 is 1.75 bits per heavy atom. The highest BCUT2D eigenvalue weighted by Gasteiger charge is 2.18. The van der Waals surface area contributed by atoms with Crippen molar-refractivity contribution in [1.29, 1.82) is 0 Å². The van der Waals surface area contributed by atoms with Crippen molar-refractivity contribution in [1.82, 2.24) is 4.57 Å². The van der Waals surface area contributed by atoms with Crippen LogP contribution in [0.25, 0.3) is 0 Å². The topological polar surface area (TPSA) is 51.1 Å². The van der Waals surface area contributed by atoms with Crippen LogP contribution < -0.4 is 5.32 Å². The first kappa shape index (κ1) is 14.1. The molecule has 1 N–H and O–H groups in total. The van der Waals surface area contributed by atoms with Gasteiger partial charge in [-0.3, -0.25) is 9.59 Å². The number of hydrogen-bond donors (Lipinski definition) is 1. The quantitative estimate of drug-likeness (QED) is 0.686. The minimum Gasteiger partial charge on any atom is -0.348 e. The maximum absolute atomic E-state index is 12.0. The highest BCUT2D eigenvalue weighted by atomic mass is 16.2. The zero-order chi connectivity index (χ0) is 14.7. The molecule has 1 aromatic carbocycles. The summed E-state index contributed by atoms with van der Waals surface area (Å²) in [5.74, 6) is -0.723. The third-order valence-electron chi connectivity index (χ3n) is 3.22. The predicted molar refractivity (Wildman–Crippen MR) is 78.9 cm³/mol. The molecule has 1 amide bonds. The van der Waals surface area contributed by atoms with Gasteiger partial charge in [-0.25, -0.2) is 0 Å². The van der Waals surface area contributed by atoms with Crippen molar-refractivity contribution in [3.05, 3.63) is 53.9 Å². The number of Topliss-reactive ketones (excluding diaryl/α,β-unsaturated/α-hetero) is 1. The molecule has 0 saturated heterocycles. The van der Waals surface area contributed by atoms with Crippen LogP contribution >= 0.6 is 0 Å². The standard InChI is InChI=1S/C16H18N2O2/c1-11(2)12-6-8-13(9-7-12)17-16(20)15(19)14-5-4-10-18(14)3/h4-11H,1-3H3,(H,17,20). The van der Waals surface area contributed by atoms with E-state index in [0.717, 1.165) is 0 Å². The highest BCUT2D eigenvalue weighted by molar-refractivity contribution is 6.46. The van der Waals surface area contributed by atoms with Gasteiger partial charge in [0, 0.05) is 18.9 Å². The average Bonchev–Trinajstić information content (AvgIpc) is 2.84. The van der Waals surface area contributed by atoms with Crippen molar-refractivity contribution in [3.63, 3.8) is 0 Å². The van der Waals surface area contributed by atoms with E-state index in [0.29, 0.717) is 17.3 Å². The highest BCUT2D eigenvalue weighted by Crippen LogP contribution is 2.17. The van der Waals surface area contributed by atoms with Crippen LogP contribution in [0.1, 0.15) is 35.8 Å². The number of hydrogen-bond acceptors (Lipinski definition) is 2. The molecule has 0 spiro atoms. The van der Waals surface area contributed by atoms with E-state index in [1.54, 1.807) is 29.9 Å². The van der Waals surface area contributed by atoms with Crippen LogP contribution in [-0.2, 0) is 11.8 Å². The monoisotopic (exact) mass is 270 g/mol. The van der Waals surface area contributed by atoms with E-state index in [1.807, 2.05) is 24.3 Å². The molecule has 0 bridgehead atoms. The van der Waals surface area contributed by atoms with Crippen molar-refractivity contribution in [2.24, 2.45) is 7.05 Å². The SMILES string of the molecule is CC(C)c1ccc(NC(=O)C(=O)c2cccn2C)cc1. The van der Waals surface area contributed by atoms with Crippen molar-refractivity contribution in [2.45, 2.75) is 19.8 Å². The second kappa shape index (κ2) is 5.74. The maximum atomic E-state index is 12.0. The number of carbonyl (C=O) groups is 2. The van der Waals surface area contributed by atoms with E-state index < -0.39 is 11.7 Å². The van der Waals surface area contributed by atoms with E-state index in [4.69, 9.17) is 0 Å². The van der Waals surface area contributed by atoms with Gasteiger partial charge in [-0.15, -0.1) is 0 Å². The van der Waals surface area contributed by atoms with E-state index in [2.05, 4.69) is 19.2 Å². The Labute approximate surface area is 118 Å². The molecule has 2 rings (SSSR count). The first-order chi connectivity index (χ1) is 9.49. The first-order valence-corrected chi connectivity index (χ1v) is 6.56. The summed E-state index contributed by atoms with van der Waals surface area (Å²) < 4.78 is 1.63. The van der Waals surface area contributed by atoms with E-state index in [9.17, 15) is 9.59 Å². The smallest absolute Gasteiger partial charge is 0.298 e. The molecule has 0 radical (unpaired) electrons. The van der Waals surface area contributed by atoms with Gasteiger partial charge in [-0.2, -0.15) is 0 Å². The number of nitrogens with one attached hydrogen (secondary N) is 1. The van der Waals surface area contributed by atoms with Gasteiger partial charge in [0.25, 0.3) is 11.7 Å². The molecule has 20 heavy (non-hydrogen) atoms. The van der Waals surface area contributed by atoms with Crippen molar-refractivity contribution in [3.8, 4) is 0 Å². The first-order valence-electron chi connectivity index (χ1n) is 6.56. The molecule has 0 aliphatic heterocycles. The number of aryl methyl sites for hydroxylation is 1. The Morgan fingerprint density at radius 3 is 2.25 bits per heavy atom. The molecule has 0 aliphatic rings. The van der Waals surface area contributed by atoms with E-state index in [1.165, 1.54) is 5.56 Å². The summed E-state index contributed by atoms with van der Waals surface area (Å²) in [4.78, 5) is 23.9. The molecule has 4 heteroatoms. The molecular weight excluding hydrogens is 252 g/mol. The van der Waals surface area contributed by atoms with Gasteiger partial charge in [-0.05, 0) is 35.7 Å². The van der Waals surface area contributed by atoms with Gasteiger partial charge < -0.3 is 9.88 Å². The Hall–Kier alpha value is -2.36. The van der Waals surface area contributed by atoms with Crippen LogP contribution in [0.5, 0.6) is 0 Å². The summed E-state index contributed by atoms with van der Waals surface area (Å²) in [5, 5.41) is 2.62. The Kier molecular flexibility index (Phi) is 4.03. The summed E-state index contributed by atoms with van der Waals surface area (Å²) in [7, 11) is 1.73. The molecule has 4 nitrogen and oxygen atoms in total. The summed E-state index contributed by atoms with van der Waals surface area (Å²) in [5.41, 5.74) is 2.19. The second-order valence-corrected chi connectivity index (χ2v) is 5.06. The lowest BCUT2D eigenvalue weighted by Crippen LogP contribution is -2.24. The fourth-order valence-electron chi connectivity index (χ4n) is 1.95. The van der Waals surface area contributed by atoms with Gasteiger partial charge in [-0.1, -0.05) is 26.0 Å². The molecular formula is C16H18N2O2. The van der Waals surface area contributed by atoms with Crippen molar-refractivity contribution in [2.75, 3.05) is 5.32 Å². The lowest BCUT2D eigenvalue weighted by Gasteiger charge is -2.08. The number of carbonyl (C=O) groups excluding carboxylic acids is 2. The lowest BCUT2D eigenvalue weighted by molar-refractivity contribution is -0.112.